The molecule has 0 unspecified atom stereocenters. The minimum Gasteiger partial charge on any atom is -0.345 e. The summed E-state index contributed by atoms with van der Waals surface area (Å²) in [4.78, 5) is 27.0. The number of aromatic nitrogens is 1. The summed E-state index contributed by atoms with van der Waals surface area (Å²) in [5.41, 5.74) is 4.76. The zero-order chi connectivity index (χ0) is 19.7. The molecule has 0 radical (unpaired) electrons. The minimum absolute atomic E-state index is 0.00966. The quantitative estimate of drug-likeness (QED) is 0.795. The van der Waals surface area contributed by atoms with E-state index in [1.807, 2.05) is 35.0 Å². The highest BCUT2D eigenvalue weighted by atomic mass is 16.2. The molecule has 1 aromatic carbocycles. The van der Waals surface area contributed by atoms with Crippen LogP contribution in [0.3, 0.4) is 0 Å². The van der Waals surface area contributed by atoms with E-state index in [2.05, 4.69) is 12.2 Å². The average molecular weight is 377 g/mol. The van der Waals surface area contributed by atoms with Gasteiger partial charge in [0, 0.05) is 43.5 Å². The SMILES string of the molecule is CN(C)C(=O)c1cccc(-c2cn(CC3CCCCC3)c(=O)c3c2C=CC3)c1. The van der Waals surface area contributed by atoms with Gasteiger partial charge in [-0.15, -0.1) is 0 Å². The van der Waals surface area contributed by atoms with Crippen LogP contribution in [0.1, 0.15) is 53.6 Å². The van der Waals surface area contributed by atoms with Gasteiger partial charge in [-0.2, -0.15) is 0 Å². The second-order valence-electron chi connectivity index (χ2n) is 8.28. The van der Waals surface area contributed by atoms with Crippen LogP contribution in [0.25, 0.3) is 17.2 Å². The molecular formula is C24H28N2O2. The maximum Gasteiger partial charge on any atom is 0.254 e. The third kappa shape index (κ3) is 3.56. The van der Waals surface area contributed by atoms with Gasteiger partial charge in [0.05, 0.1) is 0 Å². The Morgan fingerprint density at radius 3 is 2.71 bits per heavy atom. The van der Waals surface area contributed by atoms with Gasteiger partial charge in [0.2, 0.25) is 0 Å². The highest BCUT2D eigenvalue weighted by molar-refractivity contribution is 5.95. The maximum atomic E-state index is 13.0. The Kier molecular flexibility index (Phi) is 5.21. The van der Waals surface area contributed by atoms with Crippen molar-refractivity contribution in [3.8, 4) is 11.1 Å². The lowest BCUT2D eigenvalue weighted by Gasteiger charge is -2.23. The second kappa shape index (κ2) is 7.78. The zero-order valence-electron chi connectivity index (χ0n) is 16.8. The molecule has 0 N–H and O–H groups in total. The molecule has 1 amide bonds. The van der Waals surface area contributed by atoms with Gasteiger partial charge < -0.3 is 9.47 Å². The van der Waals surface area contributed by atoms with Gasteiger partial charge in [-0.05, 0) is 48.4 Å². The van der Waals surface area contributed by atoms with Gasteiger partial charge in [-0.25, -0.2) is 0 Å². The van der Waals surface area contributed by atoms with Crippen LogP contribution >= 0.6 is 0 Å². The lowest BCUT2D eigenvalue weighted by atomic mass is 9.89. The van der Waals surface area contributed by atoms with Crippen molar-refractivity contribution in [2.24, 2.45) is 5.92 Å². The molecule has 1 saturated carbocycles. The molecule has 0 aliphatic heterocycles. The summed E-state index contributed by atoms with van der Waals surface area (Å²) in [6, 6.07) is 7.75. The van der Waals surface area contributed by atoms with E-state index in [9.17, 15) is 9.59 Å². The molecule has 146 valence electrons. The largest absolute Gasteiger partial charge is 0.345 e. The monoisotopic (exact) mass is 376 g/mol. The van der Waals surface area contributed by atoms with Crippen molar-refractivity contribution in [2.75, 3.05) is 14.1 Å². The van der Waals surface area contributed by atoms with Gasteiger partial charge in [0.25, 0.3) is 11.5 Å². The number of fused-ring (bicyclic) bond motifs is 1. The predicted molar refractivity (Wildman–Crippen MR) is 113 cm³/mol. The fourth-order valence-electron chi connectivity index (χ4n) is 4.51. The Balaban J connectivity index is 1.76. The molecular weight excluding hydrogens is 348 g/mol. The molecule has 0 spiro atoms. The second-order valence-corrected chi connectivity index (χ2v) is 8.28. The van der Waals surface area contributed by atoms with Gasteiger partial charge in [-0.1, -0.05) is 43.5 Å². The number of rotatable bonds is 4. The first-order chi connectivity index (χ1) is 13.5. The molecule has 0 bridgehead atoms. The molecule has 4 heteroatoms. The number of allylic oxidation sites excluding steroid dienone is 1. The summed E-state index contributed by atoms with van der Waals surface area (Å²) in [6.45, 7) is 0.801. The average Bonchev–Trinajstić information content (AvgIpc) is 3.20. The number of amides is 1. The van der Waals surface area contributed by atoms with Crippen molar-refractivity contribution in [1.82, 2.24) is 9.47 Å². The number of carbonyl (C=O) groups is 1. The normalized spacial score (nSPS) is 16.2. The Morgan fingerprint density at radius 1 is 1.18 bits per heavy atom. The fourth-order valence-corrected chi connectivity index (χ4v) is 4.51. The van der Waals surface area contributed by atoms with Crippen molar-refractivity contribution in [3.05, 3.63) is 63.6 Å². The Bertz CT molecular complexity index is 979. The third-order valence-corrected chi connectivity index (χ3v) is 6.03. The third-order valence-electron chi connectivity index (χ3n) is 6.03. The molecule has 1 fully saturated rings. The number of hydrogen-bond donors (Lipinski definition) is 0. The highest BCUT2D eigenvalue weighted by Gasteiger charge is 2.21. The summed E-state index contributed by atoms with van der Waals surface area (Å²) in [7, 11) is 3.53. The van der Waals surface area contributed by atoms with Crippen molar-refractivity contribution in [2.45, 2.75) is 45.1 Å². The van der Waals surface area contributed by atoms with E-state index in [1.54, 1.807) is 19.0 Å². The fraction of sp³-hybridized carbons (Fsp3) is 0.417. The molecule has 2 aliphatic rings. The standard InChI is InChI=1S/C24H28N2O2/c1-25(2)23(27)19-11-6-10-18(14-19)22-16-26(15-17-8-4-3-5-9-17)24(28)21-13-7-12-20(21)22/h6-7,10-12,14,16-17H,3-5,8-9,13,15H2,1-2H3. The summed E-state index contributed by atoms with van der Waals surface area (Å²) in [5.74, 6) is 0.581. The number of benzene rings is 1. The Labute approximate surface area is 166 Å². The van der Waals surface area contributed by atoms with Crippen LogP contribution < -0.4 is 5.56 Å². The molecule has 4 rings (SSSR count). The van der Waals surface area contributed by atoms with Gasteiger partial charge >= 0.3 is 0 Å². The lowest BCUT2D eigenvalue weighted by molar-refractivity contribution is 0.0827. The van der Waals surface area contributed by atoms with Crippen LogP contribution in [0.5, 0.6) is 0 Å². The summed E-state index contributed by atoms with van der Waals surface area (Å²) >= 11 is 0. The van der Waals surface area contributed by atoms with Crippen LogP contribution in [0.4, 0.5) is 0 Å². The van der Waals surface area contributed by atoms with Gasteiger partial charge in [-0.3, -0.25) is 9.59 Å². The molecule has 0 saturated heterocycles. The zero-order valence-corrected chi connectivity index (χ0v) is 16.8. The van der Waals surface area contributed by atoms with Crippen molar-refractivity contribution in [1.29, 1.82) is 0 Å². The number of pyridine rings is 1. The van der Waals surface area contributed by atoms with E-state index in [1.165, 1.54) is 32.1 Å². The topological polar surface area (TPSA) is 42.3 Å². The number of hydrogen-bond acceptors (Lipinski definition) is 2. The number of carbonyl (C=O) groups excluding carboxylic acids is 1. The highest BCUT2D eigenvalue weighted by Crippen LogP contribution is 2.31. The van der Waals surface area contributed by atoms with Crippen LogP contribution in [0.15, 0.2) is 41.3 Å². The Morgan fingerprint density at radius 2 is 1.96 bits per heavy atom. The first-order valence-corrected chi connectivity index (χ1v) is 10.3. The molecule has 2 aliphatic carbocycles. The van der Waals surface area contributed by atoms with E-state index < -0.39 is 0 Å². The van der Waals surface area contributed by atoms with Crippen LogP contribution in [0, 0.1) is 5.92 Å². The first-order valence-electron chi connectivity index (χ1n) is 10.3. The first kappa shape index (κ1) is 18.7. The lowest BCUT2D eigenvalue weighted by Crippen LogP contribution is -2.28. The number of nitrogens with zero attached hydrogens (tertiary/aromatic N) is 2. The molecule has 0 atom stereocenters. The molecule has 1 heterocycles. The maximum absolute atomic E-state index is 13.0. The van der Waals surface area contributed by atoms with Crippen LogP contribution in [-0.2, 0) is 13.0 Å². The van der Waals surface area contributed by atoms with Crippen LogP contribution in [-0.4, -0.2) is 29.5 Å². The van der Waals surface area contributed by atoms with Crippen molar-refractivity contribution in [3.63, 3.8) is 0 Å². The van der Waals surface area contributed by atoms with Crippen LogP contribution in [0.2, 0.25) is 0 Å². The van der Waals surface area contributed by atoms with Gasteiger partial charge in [0.1, 0.15) is 0 Å². The van der Waals surface area contributed by atoms with Crippen molar-refractivity contribution >= 4 is 12.0 Å². The predicted octanol–water partition coefficient (Wildman–Crippen LogP) is 4.37. The van der Waals surface area contributed by atoms with E-state index in [4.69, 9.17) is 0 Å². The molecule has 2 aromatic rings. The minimum atomic E-state index is -0.00966. The van der Waals surface area contributed by atoms with Gasteiger partial charge in [0.15, 0.2) is 0 Å². The summed E-state index contributed by atoms with van der Waals surface area (Å²) in [5, 5.41) is 0. The summed E-state index contributed by atoms with van der Waals surface area (Å²) < 4.78 is 1.93. The van der Waals surface area contributed by atoms with Crippen molar-refractivity contribution < 1.29 is 4.79 Å². The van der Waals surface area contributed by atoms with E-state index in [0.717, 1.165) is 28.8 Å². The smallest absolute Gasteiger partial charge is 0.254 e. The van der Waals surface area contributed by atoms with E-state index in [-0.39, 0.29) is 11.5 Å². The molecule has 28 heavy (non-hydrogen) atoms. The molecule has 4 nitrogen and oxygen atoms in total. The van der Waals surface area contributed by atoms with E-state index in [0.29, 0.717) is 17.9 Å². The Hall–Kier alpha value is -2.62. The molecule has 1 aromatic heterocycles. The van der Waals surface area contributed by atoms with E-state index >= 15 is 0 Å². The summed E-state index contributed by atoms with van der Waals surface area (Å²) in [6.07, 6.45) is 13.1.